The van der Waals surface area contributed by atoms with E-state index in [4.69, 9.17) is 16.3 Å². The largest absolute Gasteiger partial charge is 0.444 e. The summed E-state index contributed by atoms with van der Waals surface area (Å²) >= 11 is 9.69. The first-order chi connectivity index (χ1) is 12.2. The maximum atomic E-state index is 12.6. The van der Waals surface area contributed by atoms with Crippen LogP contribution in [-0.2, 0) is 4.74 Å². The highest BCUT2D eigenvalue weighted by molar-refractivity contribution is 9.10. The summed E-state index contributed by atoms with van der Waals surface area (Å²) in [6.45, 7) is 7.14. The number of amides is 1. The normalized spacial score (nSPS) is 23.0. The quantitative estimate of drug-likeness (QED) is 0.630. The molecule has 0 saturated carbocycles. The Morgan fingerprint density at radius 2 is 1.96 bits per heavy atom. The zero-order chi connectivity index (χ0) is 18.6. The van der Waals surface area contributed by atoms with E-state index in [2.05, 4.69) is 30.9 Å². The van der Waals surface area contributed by atoms with Gasteiger partial charge in [0.1, 0.15) is 16.6 Å². The van der Waals surface area contributed by atoms with E-state index >= 15 is 0 Å². The average Bonchev–Trinajstić information content (AvgIpc) is 3.03. The van der Waals surface area contributed by atoms with Crippen LogP contribution in [-0.4, -0.2) is 56.4 Å². The molecule has 2 aliphatic heterocycles. The van der Waals surface area contributed by atoms with Gasteiger partial charge in [0.25, 0.3) is 0 Å². The first-order valence-electron chi connectivity index (χ1n) is 8.69. The van der Waals surface area contributed by atoms with E-state index in [-0.39, 0.29) is 18.2 Å². The topological polar surface area (TPSA) is 63.0 Å². The molecule has 0 spiro atoms. The molecule has 2 saturated heterocycles. The van der Waals surface area contributed by atoms with E-state index in [0.717, 1.165) is 36.2 Å². The molecule has 0 N–H and O–H groups in total. The number of aromatic nitrogens is 3. The van der Waals surface area contributed by atoms with Crippen molar-refractivity contribution in [2.45, 2.75) is 51.3 Å². The van der Waals surface area contributed by atoms with Gasteiger partial charge in [-0.05, 0) is 49.5 Å². The fourth-order valence-electron chi connectivity index (χ4n) is 3.82. The molecule has 1 amide bonds. The summed E-state index contributed by atoms with van der Waals surface area (Å²) in [6.07, 6.45) is 3.45. The lowest BCUT2D eigenvalue weighted by atomic mass is 10.2. The second-order valence-corrected chi connectivity index (χ2v) is 9.08. The van der Waals surface area contributed by atoms with Crippen molar-refractivity contribution in [2.24, 2.45) is 0 Å². The smallest absolute Gasteiger partial charge is 0.410 e. The van der Waals surface area contributed by atoms with Crippen LogP contribution in [0, 0.1) is 0 Å². The van der Waals surface area contributed by atoms with E-state index < -0.39 is 5.60 Å². The third-order valence-corrected chi connectivity index (χ3v) is 5.54. The van der Waals surface area contributed by atoms with Gasteiger partial charge in [0.05, 0.1) is 22.8 Å². The molecule has 2 fully saturated rings. The predicted octanol–water partition coefficient (Wildman–Crippen LogP) is 3.73. The first-order valence-corrected chi connectivity index (χ1v) is 9.86. The Kier molecular flexibility index (Phi) is 4.30. The van der Waals surface area contributed by atoms with Crippen LogP contribution in [0.5, 0.6) is 0 Å². The Hall–Kier alpha value is -1.54. The van der Waals surface area contributed by atoms with E-state index in [9.17, 15) is 4.79 Å². The third kappa shape index (κ3) is 3.13. The minimum Gasteiger partial charge on any atom is -0.444 e. The number of ether oxygens (including phenoxy) is 1. The van der Waals surface area contributed by atoms with E-state index in [1.54, 1.807) is 10.7 Å². The summed E-state index contributed by atoms with van der Waals surface area (Å²) in [4.78, 5) is 21.1. The molecule has 2 aromatic heterocycles. The van der Waals surface area contributed by atoms with Gasteiger partial charge in [-0.1, -0.05) is 11.6 Å². The standard InChI is InChI=1S/C17H21BrClN5O2/c1-17(2,3)26-16(25)23-10-4-5-11(23)9-22(8-10)14-6-13(19)21-15-12(18)7-20-24(14)15/h6-7,10-11H,4-5,8-9H2,1-3H3/t10-,11+. The number of hydrogen-bond acceptors (Lipinski definition) is 5. The van der Waals surface area contributed by atoms with Crippen molar-refractivity contribution in [1.29, 1.82) is 0 Å². The summed E-state index contributed by atoms with van der Waals surface area (Å²) in [5.41, 5.74) is 0.203. The first kappa shape index (κ1) is 17.9. The maximum Gasteiger partial charge on any atom is 0.410 e. The number of anilines is 1. The van der Waals surface area contributed by atoms with Gasteiger partial charge in [0, 0.05) is 19.2 Å². The highest BCUT2D eigenvalue weighted by Gasteiger charge is 2.44. The highest BCUT2D eigenvalue weighted by Crippen LogP contribution is 2.35. The number of hydrogen-bond donors (Lipinski definition) is 0. The molecule has 7 nitrogen and oxygen atoms in total. The lowest BCUT2D eigenvalue weighted by Gasteiger charge is -2.42. The van der Waals surface area contributed by atoms with Crippen molar-refractivity contribution in [3.8, 4) is 0 Å². The average molecular weight is 443 g/mol. The number of nitrogens with zero attached hydrogens (tertiary/aromatic N) is 5. The number of carbonyl (C=O) groups is 1. The van der Waals surface area contributed by atoms with Crippen molar-refractivity contribution in [2.75, 3.05) is 18.0 Å². The van der Waals surface area contributed by atoms with Crippen molar-refractivity contribution in [3.05, 3.63) is 21.9 Å². The van der Waals surface area contributed by atoms with Gasteiger partial charge < -0.3 is 9.64 Å². The van der Waals surface area contributed by atoms with Crippen LogP contribution in [0.15, 0.2) is 16.7 Å². The van der Waals surface area contributed by atoms with E-state index in [1.165, 1.54) is 0 Å². The number of fused-ring (bicyclic) bond motifs is 3. The number of carbonyl (C=O) groups excluding carboxylic acids is 1. The van der Waals surface area contributed by atoms with Crippen LogP contribution < -0.4 is 4.90 Å². The highest BCUT2D eigenvalue weighted by atomic mass is 79.9. The van der Waals surface area contributed by atoms with Crippen LogP contribution in [0.25, 0.3) is 5.65 Å². The Morgan fingerprint density at radius 3 is 2.58 bits per heavy atom. The molecule has 2 atom stereocenters. The molecule has 26 heavy (non-hydrogen) atoms. The van der Waals surface area contributed by atoms with Gasteiger partial charge in [-0.15, -0.1) is 0 Å². The molecule has 4 rings (SSSR count). The van der Waals surface area contributed by atoms with Gasteiger partial charge in [0.2, 0.25) is 0 Å². The Labute approximate surface area is 165 Å². The molecule has 0 unspecified atom stereocenters. The van der Waals surface area contributed by atoms with E-state index in [0.29, 0.717) is 10.8 Å². The Bertz CT molecular complexity index is 851. The van der Waals surface area contributed by atoms with Crippen LogP contribution in [0.1, 0.15) is 33.6 Å². The minimum absolute atomic E-state index is 0.129. The number of piperazine rings is 1. The molecule has 2 aliphatic rings. The molecule has 140 valence electrons. The van der Waals surface area contributed by atoms with Gasteiger partial charge in [-0.2, -0.15) is 9.61 Å². The van der Waals surface area contributed by atoms with Gasteiger partial charge in [-0.25, -0.2) is 9.78 Å². The number of rotatable bonds is 1. The fraction of sp³-hybridized carbons (Fsp3) is 0.588. The molecular formula is C17H21BrClN5O2. The summed E-state index contributed by atoms with van der Waals surface area (Å²) in [7, 11) is 0. The van der Waals surface area contributed by atoms with Crippen molar-refractivity contribution < 1.29 is 9.53 Å². The van der Waals surface area contributed by atoms with Gasteiger partial charge in [0.15, 0.2) is 5.65 Å². The van der Waals surface area contributed by atoms with Crippen molar-refractivity contribution in [3.63, 3.8) is 0 Å². The molecule has 4 heterocycles. The molecular weight excluding hydrogens is 422 g/mol. The molecule has 2 bridgehead atoms. The summed E-state index contributed by atoms with van der Waals surface area (Å²) in [6, 6.07) is 2.09. The van der Waals surface area contributed by atoms with Crippen LogP contribution >= 0.6 is 27.5 Å². The van der Waals surface area contributed by atoms with Crippen LogP contribution in [0.2, 0.25) is 5.15 Å². The van der Waals surface area contributed by atoms with Crippen LogP contribution in [0.4, 0.5) is 10.6 Å². The molecule has 9 heteroatoms. The zero-order valence-electron chi connectivity index (χ0n) is 14.9. The fourth-order valence-corrected chi connectivity index (χ4v) is 4.35. The van der Waals surface area contributed by atoms with Crippen molar-refractivity contribution >= 4 is 45.1 Å². The Balaban J connectivity index is 1.61. The summed E-state index contributed by atoms with van der Waals surface area (Å²) in [5.74, 6) is 0.895. The van der Waals surface area contributed by atoms with Crippen LogP contribution in [0.3, 0.4) is 0 Å². The summed E-state index contributed by atoms with van der Waals surface area (Å²) < 4.78 is 8.20. The maximum absolute atomic E-state index is 12.6. The molecule has 0 aliphatic carbocycles. The third-order valence-electron chi connectivity index (χ3n) is 4.79. The SMILES string of the molecule is CC(C)(C)OC(=O)N1[C@@H]2CC[C@H]1CN(c1cc(Cl)nc3c(Br)cnn13)C2. The Morgan fingerprint density at radius 1 is 1.31 bits per heavy atom. The lowest BCUT2D eigenvalue weighted by Crippen LogP contribution is -2.57. The van der Waals surface area contributed by atoms with Gasteiger partial charge >= 0.3 is 6.09 Å². The van der Waals surface area contributed by atoms with E-state index in [1.807, 2.05) is 31.7 Å². The second kappa shape index (κ2) is 6.27. The lowest BCUT2D eigenvalue weighted by molar-refractivity contribution is 0.0122. The monoisotopic (exact) mass is 441 g/mol. The van der Waals surface area contributed by atoms with Gasteiger partial charge in [-0.3, -0.25) is 4.90 Å². The van der Waals surface area contributed by atoms with Crippen molar-refractivity contribution in [1.82, 2.24) is 19.5 Å². The second-order valence-electron chi connectivity index (χ2n) is 7.84. The number of halogens is 2. The zero-order valence-corrected chi connectivity index (χ0v) is 17.3. The summed E-state index contributed by atoms with van der Waals surface area (Å²) in [5, 5.41) is 4.84. The molecule has 0 aromatic carbocycles. The minimum atomic E-state index is -0.486. The molecule has 2 aromatic rings. The molecule has 0 radical (unpaired) electrons. The predicted molar refractivity (Wildman–Crippen MR) is 103 cm³/mol.